The number of hydrogen-bond donors (Lipinski definition) is 1. The van der Waals surface area contributed by atoms with E-state index < -0.39 is 0 Å². The van der Waals surface area contributed by atoms with Gasteiger partial charge >= 0.3 is 0 Å². The van der Waals surface area contributed by atoms with E-state index in [0.717, 1.165) is 5.92 Å². The van der Waals surface area contributed by atoms with Gasteiger partial charge in [-0.3, -0.25) is 0 Å². The van der Waals surface area contributed by atoms with E-state index in [4.69, 9.17) is 0 Å². The first kappa shape index (κ1) is 12.9. The summed E-state index contributed by atoms with van der Waals surface area (Å²) in [6, 6.07) is 16.3. The Hall–Kier alpha value is -1.12. The van der Waals surface area contributed by atoms with Crippen LogP contribution in [0, 0.1) is 12.8 Å². The van der Waals surface area contributed by atoms with Gasteiger partial charge in [0.05, 0.1) is 0 Å². The molecule has 0 bridgehead atoms. The topological polar surface area (TPSA) is 12.0 Å². The van der Waals surface area contributed by atoms with Gasteiger partial charge in [0.1, 0.15) is 0 Å². The Morgan fingerprint density at radius 2 is 1.84 bits per heavy atom. The Labute approximate surface area is 119 Å². The summed E-state index contributed by atoms with van der Waals surface area (Å²) in [6.45, 7) is 4.46. The minimum Gasteiger partial charge on any atom is -0.302 e. The molecule has 1 aromatic carbocycles. The zero-order chi connectivity index (χ0) is 13.2. The van der Waals surface area contributed by atoms with E-state index in [1.54, 1.807) is 0 Å². The monoisotopic (exact) mass is 271 g/mol. The van der Waals surface area contributed by atoms with Gasteiger partial charge in [-0.05, 0) is 50.3 Å². The predicted octanol–water partition coefficient (Wildman–Crippen LogP) is 4.86. The summed E-state index contributed by atoms with van der Waals surface area (Å²) < 4.78 is 0. The van der Waals surface area contributed by atoms with Gasteiger partial charge in [-0.1, -0.05) is 30.3 Å². The highest BCUT2D eigenvalue weighted by Gasteiger charge is 2.33. The van der Waals surface area contributed by atoms with E-state index in [-0.39, 0.29) is 0 Å². The molecule has 2 atom stereocenters. The van der Waals surface area contributed by atoms with Gasteiger partial charge in [0.2, 0.25) is 0 Å². The van der Waals surface area contributed by atoms with Gasteiger partial charge in [0, 0.05) is 21.8 Å². The van der Waals surface area contributed by atoms with Crippen LogP contribution in [0.4, 0.5) is 0 Å². The van der Waals surface area contributed by atoms with Gasteiger partial charge in [-0.15, -0.1) is 11.3 Å². The second-order valence-corrected chi connectivity index (χ2v) is 6.88. The number of rotatable bonds is 5. The van der Waals surface area contributed by atoms with E-state index in [1.165, 1.54) is 28.2 Å². The Bertz CT molecular complexity index is 527. The fraction of sp³-hybridized carbons (Fsp3) is 0.412. The third-order valence-electron chi connectivity index (χ3n) is 3.87. The van der Waals surface area contributed by atoms with Crippen molar-refractivity contribution in [1.82, 2.24) is 5.32 Å². The van der Waals surface area contributed by atoms with Crippen molar-refractivity contribution in [2.75, 3.05) is 0 Å². The molecule has 0 radical (unpaired) electrons. The van der Waals surface area contributed by atoms with Crippen molar-refractivity contribution in [3.63, 3.8) is 0 Å². The van der Waals surface area contributed by atoms with E-state index in [0.29, 0.717) is 12.1 Å². The standard InChI is InChI=1S/C17H21NS/c1-12-8-11-16(19-12)13(2)18-17(15-9-10-15)14-6-4-3-5-7-14/h3-8,11,13,15,17-18H,9-10H2,1-2H3. The molecule has 1 aliphatic rings. The summed E-state index contributed by atoms with van der Waals surface area (Å²) in [4.78, 5) is 2.84. The number of thiophene rings is 1. The molecule has 2 heteroatoms. The molecule has 1 fully saturated rings. The molecular formula is C17H21NS. The van der Waals surface area contributed by atoms with Crippen LogP contribution in [-0.4, -0.2) is 0 Å². The zero-order valence-corrected chi connectivity index (χ0v) is 12.4. The average Bonchev–Trinajstić information content (AvgIpc) is 3.18. The molecule has 2 aromatic rings. The molecule has 1 nitrogen and oxygen atoms in total. The van der Waals surface area contributed by atoms with Crippen LogP contribution in [0.2, 0.25) is 0 Å². The second-order valence-electron chi connectivity index (χ2n) is 5.56. The molecular weight excluding hydrogens is 250 g/mol. The molecule has 1 aromatic heterocycles. The molecule has 19 heavy (non-hydrogen) atoms. The highest BCUT2D eigenvalue weighted by molar-refractivity contribution is 7.12. The maximum absolute atomic E-state index is 3.84. The molecule has 100 valence electrons. The SMILES string of the molecule is Cc1ccc(C(C)NC(c2ccccc2)C2CC2)s1. The fourth-order valence-electron chi connectivity index (χ4n) is 2.63. The Morgan fingerprint density at radius 3 is 2.42 bits per heavy atom. The number of hydrogen-bond acceptors (Lipinski definition) is 2. The number of nitrogens with one attached hydrogen (secondary N) is 1. The van der Waals surface area contributed by atoms with Gasteiger partial charge < -0.3 is 5.32 Å². The van der Waals surface area contributed by atoms with Gasteiger partial charge in [0.25, 0.3) is 0 Å². The van der Waals surface area contributed by atoms with Crippen molar-refractivity contribution in [2.24, 2.45) is 5.92 Å². The van der Waals surface area contributed by atoms with Crippen LogP contribution in [0.25, 0.3) is 0 Å². The largest absolute Gasteiger partial charge is 0.302 e. The van der Waals surface area contributed by atoms with Gasteiger partial charge in [-0.25, -0.2) is 0 Å². The zero-order valence-electron chi connectivity index (χ0n) is 11.6. The number of benzene rings is 1. The molecule has 1 N–H and O–H groups in total. The van der Waals surface area contributed by atoms with Gasteiger partial charge in [0.15, 0.2) is 0 Å². The maximum Gasteiger partial charge on any atom is 0.0391 e. The smallest absolute Gasteiger partial charge is 0.0391 e. The molecule has 0 saturated heterocycles. The van der Waals surface area contributed by atoms with Crippen molar-refractivity contribution in [2.45, 2.75) is 38.8 Å². The molecule has 0 aliphatic heterocycles. The third kappa shape index (κ3) is 3.07. The molecule has 0 spiro atoms. The summed E-state index contributed by atoms with van der Waals surface area (Å²) in [6.07, 6.45) is 2.73. The van der Waals surface area contributed by atoms with Crippen LogP contribution in [0.1, 0.15) is 47.2 Å². The molecule has 0 amide bonds. The lowest BCUT2D eigenvalue weighted by Crippen LogP contribution is -2.25. The van der Waals surface area contributed by atoms with E-state index in [9.17, 15) is 0 Å². The quantitative estimate of drug-likeness (QED) is 0.819. The predicted molar refractivity (Wildman–Crippen MR) is 82.5 cm³/mol. The summed E-state index contributed by atoms with van der Waals surface area (Å²) in [7, 11) is 0. The fourth-order valence-corrected chi connectivity index (χ4v) is 3.52. The molecule has 2 unspecified atom stereocenters. The van der Waals surface area contributed by atoms with Crippen LogP contribution < -0.4 is 5.32 Å². The highest BCUT2D eigenvalue weighted by atomic mass is 32.1. The van der Waals surface area contributed by atoms with E-state index in [1.807, 2.05) is 11.3 Å². The lowest BCUT2D eigenvalue weighted by molar-refractivity contribution is 0.431. The molecule has 1 heterocycles. The normalized spacial score (nSPS) is 18.2. The summed E-state index contributed by atoms with van der Waals surface area (Å²) >= 11 is 1.90. The van der Waals surface area contributed by atoms with Crippen molar-refractivity contribution in [3.05, 3.63) is 57.8 Å². The van der Waals surface area contributed by atoms with Crippen LogP contribution in [0.5, 0.6) is 0 Å². The Kier molecular flexibility index (Phi) is 3.72. The van der Waals surface area contributed by atoms with Crippen molar-refractivity contribution in [3.8, 4) is 0 Å². The first-order valence-corrected chi connectivity index (χ1v) is 7.93. The van der Waals surface area contributed by atoms with Gasteiger partial charge in [-0.2, -0.15) is 0 Å². The Morgan fingerprint density at radius 1 is 1.11 bits per heavy atom. The first-order chi connectivity index (χ1) is 9.24. The minimum absolute atomic E-state index is 0.435. The first-order valence-electron chi connectivity index (χ1n) is 7.11. The third-order valence-corrected chi connectivity index (χ3v) is 5.05. The lowest BCUT2D eigenvalue weighted by atomic mass is 10.0. The van der Waals surface area contributed by atoms with Crippen LogP contribution in [-0.2, 0) is 0 Å². The van der Waals surface area contributed by atoms with Crippen molar-refractivity contribution >= 4 is 11.3 Å². The van der Waals surface area contributed by atoms with E-state index in [2.05, 4.69) is 61.6 Å². The second kappa shape index (κ2) is 5.48. The lowest BCUT2D eigenvalue weighted by Gasteiger charge is -2.23. The summed E-state index contributed by atoms with van der Waals surface area (Å²) in [5, 5.41) is 3.84. The summed E-state index contributed by atoms with van der Waals surface area (Å²) in [5.41, 5.74) is 1.44. The minimum atomic E-state index is 0.435. The summed E-state index contributed by atoms with van der Waals surface area (Å²) in [5.74, 6) is 0.825. The van der Waals surface area contributed by atoms with E-state index >= 15 is 0 Å². The number of aryl methyl sites for hydroxylation is 1. The molecule has 1 aliphatic carbocycles. The van der Waals surface area contributed by atoms with Crippen LogP contribution >= 0.6 is 11.3 Å². The average molecular weight is 271 g/mol. The molecule has 3 rings (SSSR count). The van der Waals surface area contributed by atoms with Crippen LogP contribution in [0.3, 0.4) is 0 Å². The molecule has 1 saturated carbocycles. The maximum atomic E-state index is 3.84. The Balaban J connectivity index is 1.75. The van der Waals surface area contributed by atoms with Crippen molar-refractivity contribution < 1.29 is 0 Å². The van der Waals surface area contributed by atoms with Crippen LogP contribution in [0.15, 0.2) is 42.5 Å². The highest BCUT2D eigenvalue weighted by Crippen LogP contribution is 2.42. The van der Waals surface area contributed by atoms with Crippen molar-refractivity contribution in [1.29, 1.82) is 0 Å².